The Balaban J connectivity index is 2.97. The van der Waals surface area contributed by atoms with Crippen molar-refractivity contribution in [3.8, 4) is 0 Å². The fraction of sp³-hybridized carbons (Fsp3) is 0.333. The van der Waals surface area contributed by atoms with Gasteiger partial charge in [-0.25, -0.2) is 0 Å². The summed E-state index contributed by atoms with van der Waals surface area (Å²) in [6, 6.07) is 10.8. The molecule has 0 atom stereocenters. The number of hydrogen-bond donors (Lipinski definition) is 0. The monoisotopic (exact) mass is 252 g/mol. The van der Waals surface area contributed by atoms with Crippen LogP contribution >= 0.6 is 0 Å². The van der Waals surface area contributed by atoms with E-state index in [-0.39, 0.29) is 0 Å². The summed E-state index contributed by atoms with van der Waals surface area (Å²) in [5.74, 6) is 0. The zero-order valence-corrected chi connectivity index (χ0v) is 13.2. The molecule has 0 radical (unpaired) electrons. The van der Waals surface area contributed by atoms with Gasteiger partial charge in [0.25, 0.3) is 0 Å². The van der Waals surface area contributed by atoms with Gasteiger partial charge >= 0.3 is 113 Å². The van der Waals surface area contributed by atoms with Gasteiger partial charge in [0, 0.05) is 0 Å². The Morgan fingerprint density at radius 1 is 1.10 bits per heavy atom. The van der Waals surface area contributed by atoms with Crippen molar-refractivity contribution in [1.82, 2.24) is 0 Å². The number of hydrogen-bond acceptors (Lipinski definition) is 0. The van der Waals surface area contributed by atoms with E-state index in [1.54, 1.807) is 0 Å². The molecule has 0 saturated heterocycles. The molecule has 10 heavy (non-hydrogen) atoms. The minimum absolute atomic E-state index is 0.515. The van der Waals surface area contributed by atoms with Crippen molar-refractivity contribution in [2.75, 3.05) is 0 Å². The Hall–Kier alpha value is 1.27. The summed E-state index contributed by atoms with van der Waals surface area (Å²) < 4.78 is 0.515. The summed E-state index contributed by atoms with van der Waals surface area (Å²) in [7, 11) is 0. The topological polar surface area (TPSA) is 0 Å². The molecule has 1 aromatic rings. The molecule has 0 bridgehead atoms. The Morgan fingerprint density at radius 2 is 1.60 bits per heavy atom. The van der Waals surface area contributed by atoms with E-state index in [1.165, 1.54) is 5.56 Å². The first kappa shape index (κ1) is 9.36. The molecule has 1 aromatic carbocycles. The molecule has 0 aromatic heterocycles. The fourth-order valence-corrected chi connectivity index (χ4v) is 1.98. The van der Waals surface area contributed by atoms with E-state index in [9.17, 15) is 0 Å². The molecule has 1 rings (SSSR count). The van der Waals surface area contributed by atoms with Crippen molar-refractivity contribution >= 4 is 65.9 Å². The van der Waals surface area contributed by atoms with Crippen LogP contribution in [0, 0.1) is 0 Å². The fourth-order valence-electron chi connectivity index (χ4n) is 0.938. The van der Waals surface area contributed by atoms with Gasteiger partial charge in [-0.15, -0.1) is 0 Å². The standard InChI is InChI=1S/C9H11.Cs/c1-8(2)9-6-4-3-5-7-9;/h3-7H,1-2H3;. The van der Waals surface area contributed by atoms with Crippen LogP contribution in [0.5, 0.6) is 0 Å². The summed E-state index contributed by atoms with van der Waals surface area (Å²) in [6.07, 6.45) is 0. The first-order chi connectivity index (χ1) is 4.61. The van der Waals surface area contributed by atoms with Crippen LogP contribution < -0.4 is 0 Å². The Labute approximate surface area is 110 Å². The predicted octanol–water partition coefficient (Wildman–Crippen LogP) is 2.09. The third-order valence-electron chi connectivity index (χ3n) is 1.64. The molecular formula is C9H11Cs. The van der Waals surface area contributed by atoms with Crippen LogP contribution in [0.1, 0.15) is 19.4 Å². The predicted molar refractivity (Wildman–Crippen MR) is 45.2 cm³/mol. The second kappa shape index (κ2) is 3.79. The van der Waals surface area contributed by atoms with Gasteiger partial charge in [0.15, 0.2) is 0 Å². The number of benzene rings is 1. The van der Waals surface area contributed by atoms with E-state index in [1.807, 2.05) is 0 Å². The van der Waals surface area contributed by atoms with Gasteiger partial charge in [0.2, 0.25) is 0 Å². The first-order valence-corrected chi connectivity index (χ1v) is 6.80. The van der Waals surface area contributed by atoms with Gasteiger partial charge in [-0.2, -0.15) is 0 Å². The average molecular weight is 252 g/mol. The van der Waals surface area contributed by atoms with E-state index in [4.69, 9.17) is 0 Å². The first-order valence-electron chi connectivity index (χ1n) is 3.66. The molecule has 0 aliphatic carbocycles. The molecule has 0 fully saturated rings. The Bertz CT molecular complexity index is 196. The van der Waals surface area contributed by atoms with Gasteiger partial charge < -0.3 is 0 Å². The summed E-state index contributed by atoms with van der Waals surface area (Å²) in [5, 5.41) is 0. The Morgan fingerprint density at radius 3 is 1.90 bits per heavy atom. The van der Waals surface area contributed by atoms with Gasteiger partial charge in [0.1, 0.15) is 0 Å². The van der Waals surface area contributed by atoms with Crippen molar-refractivity contribution in [1.29, 1.82) is 0 Å². The molecule has 48 valence electrons. The second-order valence-corrected chi connectivity index (χ2v) is 11.5. The van der Waals surface area contributed by atoms with Gasteiger partial charge in [-0.1, -0.05) is 0 Å². The van der Waals surface area contributed by atoms with Crippen molar-refractivity contribution in [3.05, 3.63) is 35.9 Å². The molecule has 0 saturated carbocycles. The SMILES string of the molecule is C[C](C)([Cs])c1ccccc1. The van der Waals surface area contributed by atoms with Gasteiger partial charge in [-0.3, -0.25) is 0 Å². The molecular weight excluding hydrogens is 241 g/mol. The van der Waals surface area contributed by atoms with E-state index in [0.717, 1.165) is 0 Å². The van der Waals surface area contributed by atoms with Gasteiger partial charge in [-0.05, 0) is 0 Å². The average Bonchev–Trinajstić information content (AvgIpc) is 1.88. The second-order valence-electron chi connectivity index (χ2n) is 3.62. The molecule has 0 unspecified atom stereocenters. The summed E-state index contributed by atoms with van der Waals surface area (Å²) in [6.45, 7) is 4.65. The summed E-state index contributed by atoms with van der Waals surface area (Å²) in [5.41, 5.74) is 1.50. The summed E-state index contributed by atoms with van der Waals surface area (Å²) >= 11 is 0.610. The quantitative estimate of drug-likeness (QED) is 0.718. The zero-order chi connectivity index (χ0) is 7.61. The maximum absolute atomic E-state index is 2.32. The molecule has 0 nitrogen and oxygen atoms in total. The van der Waals surface area contributed by atoms with Crippen LogP contribution in [-0.4, -0.2) is 65.9 Å². The van der Waals surface area contributed by atoms with Crippen LogP contribution in [0.4, 0.5) is 0 Å². The molecule has 0 aliphatic rings. The summed E-state index contributed by atoms with van der Waals surface area (Å²) in [4.78, 5) is 0. The molecule has 1 heteroatoms. The van der Waals surface area contributed by atoms with E-state index in [0.29, 0.717) is 62.8 Å². The Kier molecular flexibility index (Phi) is 3.54. The van der Waals surface area contributed by atoms with Crippen LogP contribution in [0.2, 0.25) is 0 Å². The van der Waals surface area contributed by atoms with Crippen LogP contribution in [0.25, 0.3) is 0 Å². The van der Waals surface area contributed by atoms with E-state index >= 15 is 0 Å². The van der Waals surface area contributed by atoms with Crippen LogP contribution in [-0.2, 0) is -3.16 Å². The zero-order valence-electron chi connectivity index (χ0n) is 6.89. The molecule has 0 aliphatic heterocycles. The molecule has 0 heterocycles. The van der Waals surface area contributed by atoms with Gasteiger partial charge in [0.05, 0.1) is 0 Å². The third-order valence-corrected chi connectivity index (χ3v) is 3.45. The van der Waals surface area contributed by atoms with E-state index in [2.05, 4.69) is 44.2 Å². The maximum atomic E-state index is 2.32. The molecule has 0 spiro atoms. The minimum atomic E-state index is 0.515. The van der Waals surface area contributed by atoms with Crippen molar-refractivity contribution in [2.24, 2.45) is 0 Å². The number of rotatable bonds is 1. The molecule has 0 amide bonds. The van der Waals surface area contributed by atoms with Crippen LogP contribution in [0.15, 0.2) is 30.3 Å². The third kappa shape index (κ3) is 2.72. The van der Waals surface area contributed by atoms with Crippen molar-refractivity contribution in [2.45, 2.75) is 10.7 Å². The van der Waals surface area contributed by atoms with Crippen molar-refractivity contribution < 1.29 is 0 Å². The van der Waals surface area contributed by atoms with Crippen LogP contribution in [0.3, 0.4) is 0 Å². The normalized spacial score (nSPS) is 11.6. The molecule has 0 N–H and O–H groups in total. The van der Waals surface area contributed by atoms with Crippen molar-refractivity contribution in [3.63, 3.8) is 0 Å². The van der Waals surface area contributed by atoms with E-state index < -0.39 is 0 Å².